The van der Waals surface area contributed by atoms with Gasteiger partial charge in [0, 0.05) is 73.5 Å². The summed E-state index contributed by atoms with van der Waals surface area (Å²) in [5.74, 6) is 0.655. The molecule has 0 aliphatic heterocycles. The number of carbonyl (C=O) groups excluding carboxylic acids is 1. The number of aryl methyl sites for hydroxylation is 1. The fourth-order valence-electron chi connectivity index (χ4n) is 5.26. The van der Waals surface area contributed by atoms with E-state index in [1.165, 1.54) is 29.1 Å². The van der Waals surface area contributed by atoms with Gasteiger partial charge < -0.3 is 35.5 Å². The molecule has 1 aromatic carbocycles. The predicted octanol–water partition coefficient (Wildman–Crippen LogP) is 6.70. The third-order valence-electron chi connectivity index (χ3n) is 8.66. The fourth-order valence-corrected chi connectivity index (χ4v) is 5.26. The SMILES string of the molecule is C#N.C/C(=C\N)C(C)(C)O.C=C1CCC(CN([C-]=O)c2cnc(C(C)(C)O)cn2)C[C@@]1(C)CN(/C=C/CCC)c1cc(C#N)ccc1C.[U]. The van der Waals surface area contributed by atoms with Crippen LogP contribution in [0.1, 0.15) is 97.4 Å². The van der Waals surface area contributed by atoms with E-state index >= 15 is 0 Å². The molecule has 4 N–H and O–H groups in total. The summed E-state index contributed by atoms with van der Waals surface area (Å²) in [5, 5.41) is 35.3. The standard InChI is InChI=1S/C31H40N5O2.C6H13NO.CHN.U/c1-7-8-9-14-35(27-15-25(17-32)12-10-23(27)2)21-31(6)16-26(13-11-24(31)3)20-36(22-37)29-19-33-28(18-34-29)30(4,5)38;1-5(4-7)6(2,3)8;1-2;/h9-10,12,14-15,18-19,26,38H,3,7-8,11,13,16,20-21H2,1-2,4-6H3;4,8H,7H2,1-3H3;1H;/q-1;;;/b14-9+;5-4+;;/t26?,31-;;;/m0.../s1. The second kappa shape index (κ2) is 20.9. The van der Waals surface area contributed by atoms with Gasteiger partial charge >= 0.3 is 0 Å². The summed E-state index contributed by atoms with van der Waals surface area (Å²) in [5.41, 5.74) is 8.30. The van der Waals surface area contributed by atoms with E-state index in [0.717, 1.165) is 55.5 Å². The molecule has 1 heterocycles. The monoisotopic (exact) mass is 894 g/mol. The number of unbranched alkanes of at least 4 members (excludes halogenated alkanes) is 1. The van der Waals surface area contributed by atoms with Gasteiger partial charge in [-0.1, -0.05) is 44.6 Å². The average molecular weight is 895 g/mol. The molecule has 1 aromatic heterocycles. The molecular formula is C38H54N7O3U-. The largest absolute Gasteiger partial charge is 0.461 e. The zero-order valence-electron chi connectivity index (χ0n) is 30.5. The van der Waals surface area contributed by atoms with Crippen molar-refractivity contribution in [2.75, 3.05) is 22.9 Å². The van der Waals surface area contributed by atoms with E-state index in [-0.39, 0.29) is 42.4 Å². The molecule has 0 radical (unpaired) electrons. The van der Waals surface area contributed by atoms with Crippen molar-refractivity contribution in [3.63, 3.8) is 0 Å². The minimum atomic E-state index is -1.10. The Morgan fingerprint density at radius 1 is 1.24 bits per heavy atom. The van der Waals surface area contributed by atoms with E-state index in [9.17, 15) is 15.2 Å². The Hall–Kier alpha value is -3.46. The van der Waals surface area contributed by atoms with Gasteiger partial charge in [0.25, 0.3) is 0 Å². The quantitative estimate of drug-likeness (QED) is 0.120. The van der Waals surface area contributed by atoms with Crippen LogP contribution in [-0.4, -0.2) is 45.3 Å². The maximum absolute atomic E-state index is 11.9. The van der Waals surface area contributed by atoms with E-state index in [1.54, 1.807) is 34.6 Å². The second-order valence-corrected chi connectivity index (χ2v) is 13.6. The maximum Gasteiger partial charge on any atom is 0.102 e. The number of hydrogen-bond donors (Lipinski definition) is 3. The van der Waals surface area contributed by atoms with Crippen LogP contribution in [0.4, 0.5) is 11.5 Å². The summed E-state index contributed by atoms with van der Waals surface area (Å²) in [7, 11) is 0. The summed E-state index contributed by atoms with van der Waals surface area (Å²) in [6.07, 6.45) is 15.5. The van der Waals surface area contributed by atoms with Crippen LogP contribution >= 0.6 is 0 Å². The van der Waals surface area contributed by atoms with Crippen molar-refractivity contribution in [3.8, 4) is 12.6 Å². The van der Waals surface area contributed by atoms with E-state index in [0.29, 0.717) is 23.6 Å². The fraction of sp³-hybridized carbons (Fsp3) is 0.500. The van der Waals surface area contributed by atoms with Gasteiger partial charge in [-0.15, -0.1) is 0 Å². The van der Waals surface area contributed by atoms with Crippen molar-refractivity contribution in [3.05, 3.63) is 83.6 Å². The van der Waals surface area contributed by atoms with Gasteiger partial charge in [0.15, 0.2) is 0 Å². The van der Waals surface area contributed by atoms with Gasteiger partial charge in [0.1, 0.15) is 5.60 Å². The molecule has 0 bridgehead atoms. The molecule has 2 aromatic rings. The Balaban J connectivity index is 0.00000184. The summed E-state index contributed by atoms with van der Waals surface area (Å²) < 4.78 is 0. The molecule has 1 saturated carbocycles. The Kier molecular flexibility index (Phi) is 19.4. The van der Waals surface area contributed by atoms with E-state index in [1.807, 2.05) is 24.6 Å². The first-order valence-corrected chi connectivity index (χ1v) is 16.2. The molecule has 0 spiro atoms. The molecule has 3 rings (SSSR count). The average Bonchev–Trinajstić information content (AvgIpc) is 3.05. The van der Waals surface area contributed by atoms with Crippen LogP contribution in [0.3, 0.4) is 0 Å². The number of aliphatic hydroxyl groups is 2. The van der Waals surface area contributed by atoms with Crippen LogP contribution in [0.2, 0.25) is 0 Å². The van der Waals surface area contributed by atoms with Crippen LogP contribution in [-0.2, 0) is 10.4 Å². The van der Waals surface area contributed by atoms with Crippen LogP contribution in [0.15, 0.2) is 66.8 Å². The number of hydrogen-bond acceptors (Lipinski definition) is 9. The normalized spacial score (nSPS) is 17.7. The van der Waals surface area contributed by atoms with Crippen molar-refractivity contribution < 1.29 is 46.1 Å². The minimum Gasteiger partial charge on any atom is -0.461 e. The molecule has 1 aliphatic carbocycles. The van der Waals surface area contributed by atoms with Crippen molar-refractivity contribution in [2.24, 2.45) is 17.1 Å². The first kappa shape index (κ1) is 45.5. The van der Waals surface area contributed by atoms with Crippen molar-refractivity contribution in [1.29, 1.82) is 10.5 Å². The minimum absolute atomic E-state index is 0. The number of nitrogens with zero attached hydrogens (tertiary/aromatic N) is 6. The zero-order chi connectivity index (χ0) is 36.7. The van der Waals surface area contributed by atoms with Gasteiger partial charge in [-0.3, -0.25) is 4.98 Å². The maximum atomic E-state index is 11.9. The Labute approximate surface area is 317 Å². The molecule has 1 amide bonds. The first-order chi connectivity index (χ1) is 22.5. The molecule has 1 aliphatic rings. The van der Waals surface area contributed by atoms with Gasteiger partial charge in [0.05, 0.1) is 29.3 Å². The number of anilines is 2. The van der Waals surface area contributed by atoms with Gasteiger partial charge in [-0.2, -0.15) is 5.26 Å². The third-order valence-corrected chi connectivity index (χ3v) is 8.66. The van der Waals surface area contributed by atoms with Crippen LogP contribution in [0, 0.1) is 72.5 Å². The number of aromatic nitrogens is 2. The third kappa shape index (κ3) is 14.1. The molecule has 1 unspecified atom stereocenters. The smallest absolute Gasteiger partial charge is 0.102 e. The molecule has 0 saturated heterocycles. The number of nitrogens with two attached hydrogens (primary N) is 1. The molecule has 264 valence electrons. The zero-order valence-corrected chi connectivity index (χ0v) is 34.7. The van der Waals surface area contributed by atoms with Crippen LogP contribution in [0.25, 0.3) is 0 Å². The molecular weight excluding hydrogens is 840 g/mol. The molecule has 49 heavy (non-hydrogen) atoms. The number of rotatable bonds is 12. The molecule has 1 fully saturated rings. The number of nitriles is 2. The van der Waals surface area contributed by atoms with E-state index < -0.39 is 11.2 Å². The summed E-state index contributed by atoms with van der Waals surface area (Å²) in [4.78, 5) is 24.3. The summed E-state index contributed by atoms with van der Waals surface area (Å²) in [6.45, 7) is 24.1. The van der Waals surface area contributed by atoms with Gasteiger partial charge in [-0.25, -0.2) is 5.26 Å². The Morgan fingerprint density at radius 2 is 1.90 bits per heavy atom. The number of amides is 1. The molecule has 10 nitrogen and oxygen atoms in total. The Bertz CT molecular complexity index is 1470. The summed E-state index contributed by atoms with van der Waals surface area (Å²) >= 11 is 0. The van der Waals surface area contributed by atoms with Crippen molar-refractivity contribution >= 4 is 17.9 Å². The van der Waals surface area contributed by atoms with Gasteiger partial charge in [-0.05, 0) is 115 Å². The molecule has 2 atom stereocenters. The topological polar surface area (TPSA) is 163 Å². The predicted molar refractivity (Wildman–Crippen MR) is 193 cm³/mol. The van der Waals surface area contributed by atoms with Crippen molar-refractivity contribution in [2.45, 2.75) is 98.7 Å². The Morgan fingerprint density at radius 3 is 2.37 bits per heavy atom. The van der Waals surface area contributed by atoms with E-state index in [2.05, 4.69) is 67.1 Å². The van der Waals surface area contributed by atoms with Crippen LogP contribution < -0.4 is 15.5 Å². The number of benzene rings is 1. The summed E-state index contributed by atoms with van der Waals surface area (Å²) in [6, 6.07) is 8.07. The van der Waals surface area contributed by atoms with Crippen LogP contribution in [0.5, 0.6) is 0 Å². The molecule has 11 heteroatoms. The van der Waals surface area contributed by atoms with Gasteiger partial charge in [0.2, 0.25) is 0 Å². The second-order valence-electron chi connectivity index (χ2n) is 13.6. The first-order valence-electron chi connectivity index (χ1n) is 16.2. The van der Waals surface area contributed by atoms with Crippen molar-refractivity contribution in [1.82, 2.24) is 9.97 Å². The van der Waals surface area contributed by atoms with E-state index in [4.69, 9.17) is 16.1 Å². The number of allylic oxidation sites excluding steroid dienone is 1.